The fourth-order valence-electron chi connectivity index (χ4n) is 2.77. The Morgan fingerprint density at radius 3 is 2.42 bits per heavy atom. The number of urea groups is 1. The van der Waals surface area contributed by atoms with E-state index in [1.54, 1.807) is 12.1 Å². The molecule has 140 valence electrons. The van der Waals surface area contributed by atoms with Crippen molar-refractivity contribution in [3.05, 3.63) is 64.7 Å². The number of sulfonamides is 1. The van der Waals surface area contributed by atoms with E-state index in [1.807, 2.05) is 23.8 Å². The summed E-state index contributed by atoms with van der Waals surface area (Å²) >= 11 is 0. The number of benzene rings is 2. The van der Waals surface area contributed by atoms with Gasteiger partial charge >= 0.3 is 6.03 Å². The molecule has 2 aromatic rings. The van der Waals surface area contributed by atoms with Gasteiger partial charge in [0.1, 0.15) is 0 Å². The molecule has 0 radical (unpaired) electrons. The third kappa shape index (κ3) is 5.06. The first-order valence-corrected chi connectivity index (χ1v) is 10.0. The van der Waals surface area contributed by atoms with Crippen LogP contribution in [0.1, 0.15) is 29.2 Å². The van der Waals surface area contributed by atoms with Crippen molar-refractivity contribution >= 4 is 16.1 Å². The standard InChI is InChI=1S/C19H25N3O3S/c1-3-16-6-4-5-14(2)18(16)11-12-21-19(23)22-26(24,25)17-9-7-15(13-20)8-10-17/h4-10H,3,11-13,20H2,1-2H3,(H2,21,22,23). The van der Waals surface area contributed by atoms with Crippen molar-refractivity contribution in [2.24, 2.45) is 5.73 Å². The second-order valence-corrected chi connectivity index (χ2v) is 7.71. The molecule has 0 spiro atoms. The van der Waals surface area contributed by atoms with Gasteiger partial charge in [-0.25, -0.2) is 17.9 Å². The highest BCUT2D eigenvalue weighted by Crippen LogP contribution is 2.15. The summed E-state index contributed by atoms with van der Waals surface area (Å²) in [5.74, 6) is 0. The van der Waals surface area contributed by atoms with E-state index in [2.05, 4.69) is 18.3 Å². The number of nitrogens with one attached hydrogen (secondary N) is 2. The summed E-state index contributed by atoms with van der Waals surface area (Å²) in [7, 11) is -3.90. The van der Waals surface area contributed by atoms with Gasteiger partial charge < -0.3 is 11.1 Å². The molecule has 0 aromatic heterocycles. The number of nitrogens with two attached hydrogens (primary N) is 1. The average molecular weight is 375 g/mol. The van der Waals surface area contributed by atoms with Gasteiger partial charge in [-0.3, -0.25) is 0 Å². The van der Waals surface area contributed by atoms with E-state index in [0.29, 0.717) is 19.5 Å². The lowest BCUT2D eigenvalue weighted by atomic mass is 9.97. The SMILES string of the molecule is CCc1cccc(C)c1CCNC(=O)NS(=O)(=O)c1ccc(CN)cc1. The van der Waals surface area contributed by atoms with Crippen molar-refractivity contribution in [1.82, 2.24) is 10.0 Å². The van der Waals surface area contributed by atoms with Gasteiger partial charge in [-0.15, -0.1) is 0 Å². The molecule has 2 rings (SSSR count). The number of carbonyl (C=O) groups is 1. The van der Waals surface area contributed by atoms with E-state index >= 15 is 0 Å². The van der Waals surface area contributed by atoms with E-state index < -0.39 is 16.1 Å². The summed E-state index contributed by atoms with van der Waals surface area (Å²) < 4.78 is 26.5. The summed E-state index contributed by atoms with van der Waals surface area (Å²) in [6.45, 7) is 4.79. The Bertz CT molecular complexity index is 862. The number of carbonyl (C=O) groups excluding carboxylic acids is 1. The highest BCUT2D eigenvalue weighted by Gasteiger charge is 2.17. The predicted molar refractivity (Wildman–Crippen MR) is 102 cm³/mol. The Labute approximate surface area is 154 Å². The van der Waals surface area contributed by atoms with Crippen molar-refractivity contribution in [3.63, 3.8) is 0 Å². The van der Waals surface area contributed by atoms with Gasteiger partial charge in [0.2, 0.25) is 0 Å². The molecule has 2 amide bonds. The van der Waals surface area contributed by atoms with Gasteiger partial charge in [0.05, 0.1) is 4.90 Å². The quantitative estimate of drug-likeness (QED) is 0.691. The minimum atomic E-state index is -3.90. The van der Waals surface area contributed by atoms with Crippen molar-refractivity contribution < 1.29 is 13.2 Å². The molecule has 6 nitrogen and oxygen atoms in total. The van der Waals surface area contributed by atoms with Crippen LogP contribution in [0.4, 0.5) is 4.79 Å². The highest BCUT2D eigenvalue weighted by atomic mass is 32.2. The van der Waals surface area contributed by atoms with E-state index in [-0.39, 0.29) is 4.90 Å². The molecule has 0 bridgehead atoms. The first kappa shape index (κ1) is 19.9. The zero-order chi connectivity index (χ0) is 19.2. The third-order valence-corrected chi connectivity index (χ3v) is 5.59. The Morgan fingerprint density at radius 2 is 1.81 bits per heavy atom. The molecule has 0 saturated heterocycles. The molecule has 0 saturated carbocycles. The topological polar surface area (TPSA) is 101 Å². The summed E-state index contributed by atoms with van der Waals surface area (Å²) in [5, 5.41) is 2.61. The molecular formula is C19H25N3O3S. The summed E-state index contributed by atoms with van der Waals surface area (Å²) in [4.78, 5) is 12.0. The zero-order valence-electron chi connectivity index (χ0n) is 15.1. The Hall–Kier alpha value is -2.38. The van der Waals surface area contributed by atoms with Crippen molar-refractivity contribution in [3.8, 4) is 0 Å². The molecule has 0 aliphatic rings. The molecule has 0 heterocycles. The van der Waals surface area contributed by atoms with E-state index in [9.17, 15) is 13.2 Å². The Morgan fingerprint density at radius 1 is 1.12 bits per heavy atom. The number of rotatable bonds is 7. The number of aryl methyl sites for hydroxylation is 2. The monoisotopic (exact) mass is 375 g/mol. The lowest BCUT2D eigenvalue weighted by Crippen LogP contribution is -2.40. The zero-order valence-corrected chi connectivity index (χ0v) is 15.9. The van der Waals surface area contributed by atoms with E-state index in [4.69, 9.17) is 5.73 Å². The summed E-state index contributed by atoms with van der Waals surface area (Å²) in [6, 6.07) is 11.5. The van der Waals surface area contributed by atoms with Gasteiger partial charge in [-0.2, -0.15) is 0 Å². The summed E-state index contributed by atoms with van der Waals surface area (Å²) in [6.07, 6.45) is 1.56. The van der Waals surface area contributed by atoms with Gasteiger partial charge in [-0.05, 0) is 54.2 Å². The van der Waals surface area contributed by atoms with Crippen LogP contribution < -0.4 is 15.8 Å². The normalized spacial score (nSPS) is 11.2. The molecule has 26 heavy (non-hydrogen) atoms. The molecule has 7 heteroatoms. The molecule has 2 aromatic carbocycles. The highest BCUT2D eigenvalue weighted by molar-refractivity contribution is 7.90. The second kappa shape index (κ2) is 8.82. The minimum Gasteiger partial charge on any atom is -0.337 e. The van der Waals surface area contributed by atoms with Crippen LogP contribution in [-0.2, 0) is 29.4 Å². The first-order chi connectivity index (χ1) is 12.4. The van der Waals surface area contributed by atoms with E-state index in [0.717, 1.165) is 12.0 Å². The Balaban J connectivity index is 1.94. The van der Waals surface area contributed by atoms with Crippen molar-refractivity contribution in [1.29, 1.82) is 0 Å². The van der Waals surface area contributed by atoms with Crippen LogP contribution in [0.25, 0.3) is 0 Å². The lowest BCUT2D eigenvalue weighted by Gasteiger charge is -2.13. The number of amides is 2. The predicted octanol–water partition coefficient (Wildman–Crippen LogP) is 2.25. The minimum absolute atomic E-state index is 0.0250. The summed E-state index contributed by atoms with van der Waals surface area (Å²) in [5.41, 5.74) is 9.90. The van der Waals surface area contributed by atoms with Crippen LogP contribution in [0.3, 0.4) is 0 Å². The van der Waals surface area contributed by atoms with E-state index in [1.165, 1.54) is 28.8 Å². The van der Waals surface area contributed by atoms with Crippen molar-refractivity contribution in [2.45, 2.75) is 38.1 Å². The second-order valence-electron chi connectivity index (χ2n) is 6.03. The average Bonchev–Trinajstić information content (AvgIpc) is 2.62. The smallest absolute Gasteiger partial charge is 0.328 e. The van der Waals surface area contributed by atoms with Crippen LogP contribution in [0.15, 0.2) is 47.4 Å². The van der Waals surface area contributed by atoms with Gasteiger partial charge in [-0.1, -0.05) is 37.3 Å². The number of hydrogen-bond acceptors (Lipinski definition) is 4. The first-order valence-electron chi connectivity index (χ1n) is 8.54. The fourth-order valence-corrected chi connectivity index (χ4v) is 3.70. The maximum absolute atomic E-state index is 12.2. The molecule has 0 atom stereocenters. The third-order valence-electron chi connectivity index (χ3n) is 4.25. The van der Waals surface area contributed by atoms with Gasteiger partial charge in [0.15, 0.2) is 0 Å². The van der Waals surface area contributed by atoms with Crippen LogP contribution in [0.2, 0.25) is 0 Å². The molecule has 0 aliphatic carbocycles. The largest absolute Gasteiger partial charge is 0.337 e. The maximum atomic E-state index is 12.2. The lowest BCUT2D eigenvalue weighted by molar-refractivity contribution is 0.246. The number of hydrogen-bond donors (Lipinski definition) is 3. The molecule has 4 N–H and O–H groups in total. The molecule has 0 unspecified atom stereocenters. The van der Waals surface area contributed by atoms with Crippen molar-refractivity contribution in [2.75, 3.05) is 6.54 Å². The maximum Gasteiger partial charge on any atom is 0.328 e. The molecular weight excluding hydrogens is 350 g/mol. The van der Waals surface area contributed by atoms with Crippen LogP contribution in [-0.4, -0.2) is 21.0 Å². The van der Waals surface area contributed by atoms with Gasteiger partial charge in [0, 0.05) is 13.1 Å². The van der Waals surface area contributed by atoms with Crippen LogP contribution in [0, 0.1) is 6.92 Å². The Kier molecular flexibility index (Phi) is 6.76. The van der Waals surface area contributed by atoms with Crippen LogP contribution >= 0.6 is 0 Å². The van der Waals surface area contributed by atoms with Crippen LogP contribution in [0.5, 0.6) is 0 Å². The van der Waals surface area contributed by atoms with Gasteiger partial charge in [0.25, 0.3) is 10.0 Å². The molecule has 0 fully saturated rings. The molecule has 0 aliphatic heterocycles. The fraction of sp³-hybridized carbons (Fsp3) is 0.316.